The number of amides is 2. The van der Waals surface area contributed by atoms with Crippen LogP contribution in [0.15, 0.2) is 35.5 Å². The first-order valence-electron chi connectivity index (χ1n) is 10.9. The van der Waals surface area contributed by atoms with Crippen LogP contribution in [0.5, 0.6) is 0 Å². The van der Waals surface area contributed by atoms with Crippen molar-refractivity contribution in [2.24, 2.45) is 0 Å². The van der Waals surface area contributed by atoms with E-state index in [0.29, 0.717) is 47.9 Å². The molecule has 0 aliphatic carbocycles. The minimum Gasteiger partial charge on any atom is -0.354 e. The van der Waals surface area contributed by atoms with Crippen molar-refractivity contribution >= 4 is 41.0 Å². The number of hydrogen-bond acceptors (Lipinski definition) is 7. The minimum atomic E-state index is -0.0659. The molecule has 3 rings (SSSR count). The number of piperazine rings is 1. The zero-order valence-corrected chi connectivity index (χ0v) is 21.1. The zero-order chi connectivity index (χ0) is 24.0. The summed E-state index contributed by atoms with van der Waals surface area (Å²) in [5.41, 5.74) is 1.83. The highest BCUT2D eigenvalue weighted by Crippen LogP contribution is 2.24. The number of rotatable bonds is 8. The van der Waals surface area contributed by atoms with Crippen LogP contribution in [0.2, 0.25) is 5.15 Å². The van der Waals surface area contributed by atoms with E-state index < -0.39 is 0 Å². The lowest BCUT2D eigenvalue weighted by molar-refractivity contribution is -0.118. The van der Waals surface area contributed by atoms with E-state index in [9.17, 15) is 9.59 Å². The second kappa shape index (κ2) is 11.7. The minimum absolute atomic E-state index is 0.0138. The fourth-order valence-corrected chi connectivity index (χ4v) is 4.45. The Kier molecular flexibility index (Phi) is 8.94. The molecule has 1 aromatic heterocycles. The summed E-state index contributed by atoms with van der Waals surface area (Å²) in [7, 11) is 3.92. The van der Waals surface area contributed by atoms with E-state index in [-0.39, 0.29) is 23.6 Å². The smallest absolute Gasteiger partial charge is 0.254 e. The van der Waals surface area contributed by atoms with E-state index in [2.05, 4.69) is 20.2 Å². The second-order valence-electron chi connectivity index (χ2n) is 8.43. The number of nitrogens with one attached hydrogen (secondary N) is 1. The summed E-state index contributed by atoms with van der Waals surface area (Å²) in [6.07, 6.45) is 0. The van der Waals surface area contributed by atoms with Crippen molar-refractivity contribution in [3.63, 3.8) is 0 Å². The summed E-state index contributed by atoms with van der Waals surface area (Å²) in [4.78, 5) is 39.9. The Balaban J connectivity index is 1.59. The number of benzene rings is 1. The lowest BCUT2D eigenvalue weighted by atomic mass is 10.1. The average molecular weight is 491 g/mol. The van der Waals surface area contributed by atoms with E-state index in [0.717, 1.165) is 12.1 Å². The van der Waals surface area contributed by atoms with Crippen LogP contribution in [0, 0.1) is 6.92 Å². The Morgan fingerprint density at radius 1 is 1.21 bits per heavy atom. The molecule has 0 bridgehead atoms. The van der Waals surface area contributed by atoms with E-state index in [4.69, 9.17) is 11.6 Å². The highest BCUT2D eigenvalue weighted by Gasteiger charge is 2.29. The molecule has 33 heavy (non-hydrogen) atoms. The fraction of sp³-hybridized carbons (Fsp3) is 0.478. The van der Waals surface area contributed by atoms with E-state index in [1.807, 2.05) is 62.0 Å². The Morgan fingerprint density at radius 3 is 2.61 bits per heavy atom. The predicted octanol–water partition coefficient (Wildman–Crippen LogP) is 2.56. The van der Waals surface area contributed by atoms with E-state index >= 15 is 0 Å². The van der Waals surface area contributed by atoms with Gasteiger partial charge in [-0.05, 0) is 40.1 Å². The van der Waals surface area contributed by atoms with Gasteiger partial charge in [0.15, 0.2) is 5.16 Å². The number of anilines is 1. The molecule has 0 spiro atoms. The molecule has 0 radical (unpaired) electrons. The summed E-state index contributed by atoms with van der Waals surface area (Å²) < 4.78 is 0. The summed E-state index contributed by atoms with van der Waals surface area (Å²) in [6, 6.07) is 9.41. The van der Waals surface area contributed by atoms with Crippen LogP contribution >= 0.6 is 23.4 Å². The SMILES string of the molecule is Cc1ccc(C(=O)N2CCN(c3cc(Cl)nc(SCC(=O)NCCN(C)C)n3)CC2C)cc1. The predicted molar refractivity (Wildman–Crippen MR) is 133 cm³/mol. The van der Waals surface area contributed by atoms with Crippen LogP contribution in [0.25, 0.3) is 0 Å². The third-order valence-corrected chi connectivity index (χ3v) is 6.43. The molecule has 1 unspecified atom stereocenters. The van der Waals surface area contributed by atoms with Crippen LogP contribution in [-0.4, -0.2) is 90.2 Å². The maximum Gasteiger partial charge on any atom is 0.254 e. The third-order valence-electron chi connectivity index (χ3n) is 5.39. The van der Waals surface area contributed by atoms with Gasteiger partial charge in [-0.3, -0.25) is 9.59 Å². The van der Waals surface area contributed by atoms with Crippen LogP contribution in [-0.2, 0) is 4.79 Å². The van der Waals surface area contributed by atoms with Gasteiger partial charge in [0.25, 0.3) is 5.91 Å². The van der Waals surface area contributed by atoms with Crippen LogP contribution in [0.1, 0.15) is 22.8 Å². The van der Waals surface area contributed by atoms with Gasteiger partial charge in [0.05, 0.1) is 5.75 Å². The first-order valence-corrected chi connectivity index (χ1v) is 12.3. The second-order valence-corrected chi connectivity index (χ2v) is 9.76. The standard InChI is InChI=1S/C23H31ClN6O2S/c1-16-5-7-18(8-6-16)22(32)30-12-11-29(14-17(30)2)20-13-19(24)26-23(27-20)33-15-21(31)25-9-10-28(3)4/h5-8,13,17H,9-12,14-15H2,1-4H3,(H,25,31). The first kappa shape index (κ1) is 25.3. The van der Waals surface area contributed by atoms with Crippen molar-refractivity contribution in [1.29, 1.82) is 0 Å². The average Bonchev–Trinajstić information content (AvgIpc) is 2.77. The maximum atomic E-state index is 13.0. The van der Waals surface area contributed by atoms with Crippen molar-refractivity contribution in [2.75, 3.05) is 57.5 Å². The summed E-state index contributed by atoms with van der Waals surface area (Å²) in [6.45, 7) is 7.29. The fourth-order valence-electron chi connectivity index (χ4n) is 3.54. The quantitative estimate of drug-likeness (QED) is 0.346. The summed E-state index contributed by atoms with van der Waals surface area (Å²) in [5.74, 6) is 0.908. The third kappa shape index (κ3) is 7.31. The molecule has 8 nitrogen and oxygen atoms in total. The molecule has 1 aliphatic heterocycles. The van der Waals surface area contributed by atoms with Crippen molar-refractivity contribution in [1.82, 2.24) is 25.1 Å². The zero-order valence-electron chi connectivity index (χ0n) is 19.5. The Hall–Kier alpha value is -2.36. The Bertz CT molecular complexity index is 972. The lowest BCUT2D eigenvalue weighted by Gasteiger charge is -2.40. The summed E-state index contributed by atoms with van der Waals surface area (Å²) in [5, 5.41) is 3.68. The van der Waals surface area contributed by atoms with Crippen molar-refractivity contribution in [3.05, 3.63) is 46.6 Å². The van der Waals surface area contributed by atoms with E-state index in [1.54, 1.807) is 6.07 Å². The molecule has 1 aliphatic rings. The number of thioether (sulfide) groups is 1. The lowest BCUT2D eigenvalue weighted by Crippen LogP contribution is -2.54. The van der Waals surface area contributed by atoms with Gasteiger partial charge in [-0.25, -0.2) is 9.97 Å². The van der Waals surface area contributed by atoms with E-state index in [1.165, 1.54) is 11.8 Å². The highest BCUT2D eigenvalue weighted by atomic mass is 35.5. The molecule has 1 fully saturated rings. The monoisotopic (exact) mass is 490 g/mol. The van der Waals surface area contributed by atoms with Crippen molar-refractivity contribution in [2.45, 2.75) is 25.0 Å². The van der Waals surface area contributed by atoms with Crippen LogP contribution in [0.4, 0.5) is 5.82 Å². The Labute approximate surface area is 204 Å². The highest BCUT2D eigenvalue weighted by molar-refractivity contribution is 7.99. The number of hydrogen-bond donors (Lipinski definition) is 1. The van der Waals surface area contributed by atoms with Crippen LogP contribution in [0.3, 0.4) is 0 Å². The maximum absolute atomic E-state index is 13.0. The van der Waals surface area contributed by atoms with Gasteiger partial charge in [0.2, 0.25) is 5.91 Å². The summed E-state index contributed by atoms with van der Waals surface area (Å²) >= 11 is 7.51. The number of aromatic nitrogens is 2. The largest absolute Gasteiger partial charge is 0.354 e. The molecular weight excluding hydrogens is 460 g/mol. The molecule has 1 aromatic carbocycles. The molecule has 2 aromatic rings. The van der Waals surface area contributed by atoms with Gasteiger partial charge in [0, 0.05) is 50.4 Å². The molecule has 1 saturated heterocycles. The topological polar surface area (TPSA) is 81.7 Å². The molecule has 2 heterocycles. The number of halogens is 1. The molecule has 10 heteroatoms. The van der Waals surface area contributed by atoms with Gasteiger partial charge < -0.3 is 20.0 Å². The van der Waals surface area contributed by atoms with Crippen LogP contribution < -0.4 is 10.2 Å². The molecule has 1 N–H and O–H groups in total. The molecule has 1 atom stereocenters. The van der Waals surface area contributed by atoms with Gasteiger partial charge >= 0.3 is 0 Å². The van der Waals surface area contributed by atoms with Crippen molar-refractivity contribution < 1.29 is 9.59 Å². The molecule has 178 valence electrons. The number of aryl methyl sites for hydroxylation is 1. The Morgan fingerprint density at radius 2 is 1.94 bits per heavy atom. The van der Waals surface area contributed by atoms with Gasteiger partial charge in [0.1, 0.15) is 11.0 Å². The normalized spacial score (nSPS) is 16.2. The van der Waals surface area contributed by atoms with Gasteiger partial charge in [-0.15, -0.1) is 0 Å². The molecule has 0 saturated carbocycles. The van der Waals surface area contributed by atoms with Gasteiger partial charge in [-0.2, -0.15) is 0 Å². The number of likely N-dealkylation sites (N-methyl/N-ethyl adjacent to an activating group) is 1. The van der Waals surface area contributed by atoms with Crippen molar-refractivity contribution in [3.8, 4) is 0 Å². The molecule has 2 amide bonds. The number of carbonyl (C=O) groups is 2. The number of carbonyl (C=O) groups excluding carboxylic acids is 2. The first-order chi connectivity index (χ1) is 15.7. The van der Waals surface area contributed by atoms with Gasteiger partial charge in [-0.1, -0.05) is 41.1 Å². The molecular formula is C23H31ClN6O2S. The number of nitrogens with zero attached hydrogens (tertiary/aromatic N) is 5.